The number of hydrogen-bond acceptors (Lipinski definition) is 4. The maximum absolute atomic E-state index is 6.14. The highest BCUT2D eigenvalue weighted by atomic mass is 35.5. The molecule has 3 nitrogen and oxygen atoms in total. The maximum Gasteiger partial charge on any atom is 0.123 e. The minimum absolute atomic E-state index is 0.515. The maximum atomic E-state index is 6.14. The molecule has 0 spiro atoms. The molecule has 2 aromatic heterocycles. The molecule has 0 unspecified atom stereocenters. The second kappa shape index (κ2) is 6.18. The van der Waals surface area contributed by atoms with Gasteiger partial charge in [0, 0.05) is 18.0 Å². The van der Waals surface area contributed by atoms with Gasteiger partial charge in [-0.2, -0.15) is 0 Å². The van der Waals surface area contributed by atoms with Crippen molar-refractivity contribution in [2.75, 3.05) is 12.3 Å². The number of hydrogen-bond donors (Lipinski definition) is 1. The molecule has 0 saturated heterocycles. The van der Waals surface area contributed by atoms with Gasteiger partial charge in [-0.3, -0.25) is 4.90 Å². The van der Waals surface area contributed by atoms with E-state index in [1.165, 1.54) is 4.88 Å². The van der Waals surface area contributed by atoms with Crippen molar-refractivity contribution in [3.05, 3.63) is 45.2 Å². The summed E-state index contributed by atoms with van der Waals surface area (Å²) in [5, 5.41) is 2.77. The van der Waals surface area contributed by atoms with Gasteiger partial charge in [0.25, 0.3) is 0 Å². The molecule has 0 radical (unpaired) electrons. The van der Waals surface area contributed by atoms with E-state index in [4.69, 9.17) is 17.3 Å². The molecule has 0 aliphatic rings. The van der Waals surface area contributed by atoms with E-state index < -0.39 is 0 Å². The highest BCUT2D eigenvalue weighted by molar-refractivity contribution is 7.09. The first-order valence-electron chi connectivity index (χ1n) is 5.84. The van der Waals surface area contributed by atoms with Crippen LogP contribution in [-0.2, 0) is 13.1 Å². The van der Waals surface area contributed by atoms with Crippen LogP contribution < -0.4 is 5.73 Å². The third kappa shape index (κ3) is 3.45. The summed E-state index contributed by atoms with van der Waals surface area (Å²) in [5.41, 5.74) is 6.54. The van der Waals surface area contributed by atoms with Crippen molar-refractivity contribution in [2.24, 2.45) is 0 Å². The summed E-state index contributed by atoms with van der Waals surface area (Å²) < 4.78 is 0. The van der Waals surface area contributed by atoms with E-state index in [0.717, 1.165) is 25.3 Å². The van der Waals surface area contributed by atoms with Crippen LogP contribution in [0.25, 0.3) is 0 Å². The van der Waals surface area contributed by atoms with Crippen molar-refractivity contribution in [3.8, 4) is 0 Å². The molecule has 0 bridgehead atoms. The van der Waals surface area contributed by atoms with Crippen LogP contribution in [0, 0.1) is 0 Å². The molecule has 0 aliphatic carbocycles. The first kappa shape index (κ1) is 13.3. The van der Waals surface area contributed by atoms with E-state index >= 15 is 0 Å². The molecule has 18 heavy (non-hydrogen) atoms. The number of halogens is 1. The molecule has 0 atom stereocenters. The quantitative estimate of drug-likeness (QED) is 0.913. The molecular formula is C13H16ClN3S. The van der Waals surface area contributed by atoms with Crippen LogP contribution in [0.3, 0.4) is 0 Å². The monoisotopic (exact) mass is 281 g/mol. The van der Waals surface area contributed by atoms with E-state index in [9.17, 15) is 0 Å². The number of thiophene rings is 1. The lowest BCUT2D eigenvalue weighted by Crippen LogP contribution is -2.22. The first-order valence-corrected chi connectivity index (χ1v) is 7.10. The predicted molar refractivity (Wildman–Crippen MR) is 77.8 cm³/mol. The normalized spacial score (nSPS) is 11.1. The van der Waals surface area contributed by atoms with E-state index in [1.807, 2.05) is 0 Å². The summed E-state index contributed by atoms with van der Waals surface area (Å²) in [6.07, 6.45) is 0. The minimum atomic E-state index is 0.515. The van der Waals surface area contributed by atoms with Gasteiger partial charge in [-0.1, -0.05) is 24.6 Å². The second-order valence-electron chi connectivity index (χ2n) is 4.05. The molecule has 0 amide bonds. The van der Waals surface area contributed by atoms with Gasteiger partial charge in [0.05, 0.1) is 10.7 Å². The lowest BCUT2D eigenvalue weighted by atomic mass is 10.3. The second-order valence-corrected chi connectivity index (χ2v) is 5.49. The van der Waals surface area contributed by atoms with Crippen LogP contribution in [-0.4, -0.2) is 16.4 Å². The third-order valence-corrected chi connectivity index (χ3v) is 3.93. The highest BCUT2D eigenvalue weighted by Crippen LogP contribution is 2.19. The largest absolute Gasteiger partial charge is 0.384 e. The Morgan fingerprint density at radius 1 is 1.33 bits per heavy atom. The fraction of sp³-hybridized carbons (Fsp3) is 0.308. The molecule has 2 rings (SSSR count). The summed E-state index contributed by atoms with van der Waals surface area (Å²) in [6.45, 7) is 4.72. The minimum Gasteiger partial charge on any atom is -0.384 e. The van der Waals surface area contributed by atoms with E-state index in [0.29, 0.717) is 10.8 Å². The molecule has 2 aromatic rings. The molecular weight excluding hydrogens is 266 g/mol. The van der Waals surface area contributed by atoms with Gasteiger partial charge in [0.1, 0.15) is 5.82 Å². The Morgan fingerprint density at radius 3 is 2.83 bits per heavy atom. The SMILES string of the molecule is CCN(Cc1cccs1)Cc1nc(N)ccc1Cl. The lowest BCUT2D eigenvalue weighted by molar-refractivity contribution is 0.271. The Labute approximate surface area is 116 Å². The van der Waals surface area contributed by atoms with Gasteiger partial charge in [-0.05, 0) is 30.1 Å². The van der Waals surface area contributed by atoms with E-state index in [-0.39, 0.29) is 0 Å². The van der Waals surface area contributed by atoms with Gasteiger partial charge in [0.2, 0.25) is 0 Å². The summed E-state index contributed by atoms with van der Waals surface area (Å²) in [4.78, 5) is 7.93. The van der Waals surface area contributed by atoms with Gasteiger partial charge in [-0.15, -0.1) is 11.3 Å². The number of nitrogen functional groups attached to an aromatic ring is 1. The molecule has 96 valence electrons. The zero-order valence-corrected chi connectivity index (χ0v) is 11.8. The number of pyridine rings is 1. The zero-order chi connectivity index (χ0) is 13.0. The van der Waals surface area contributed by atoms with Crippen molar-refractivity contribution >= 4 is 28.8 Å². The smallest absolute Gasteiger partial charge is 0.123 e. The average Bonchev–Trinajstić information content (AvgIpc) is 2.85. The number of aromatic nitrogens is 1. The Hall–Kier alpha value is -1.10. The predicted octanol–water partition coefficient (Wildman–Crippen LogP) is 3.40. The molecule has 0 aromatic carbocycles. The van der Waals surface area contributed by atoms with Gasteiger partial charge in [0.15, 0.2) is 0 Å². The molecule has 0 aliphatic heterocycles. The van der Waals surface area contributed by atoms with Crippen LogP contribution in [0.1, 0.15) is 17.5 Å². The van der Waals surface area contributed by atoms with Crippen LogP contribution in [0.5, 0.6) is 0 Å². The fourth-order valence-electron chi connectivity index (χ4n) is 1.73. The third-order valence-electron chi connectivity index (χ3n) is 2.72. The Bertz CT molecular complexity index is 499. The average molecular weight is 282 g/mol. The van der Waals surface area contributed by atoms with Crippen molar-refractivity contribution in [1.29, 1.82) is 0 Å². The lowest BCUT2D eigenvalue weighted by Gasteiger charge is -2.19. The van der Waals surface area contributed by atoms with Gasteiger partial charge >= 0.3 is 0 Å². The summed E-state index contributed by atoms with van der Waals surface area (Å²) in [7, 11) is 0. The van der Waals surface area contributed by atoms with Crippen LogP contribution in [0.15, 0.2) is 29.6 Å². The molecule has 0 saturated carbocycles. The zero-order valence-electron chi connectivity index (χ0n) is 10.3. The summed E-state index contributed by atoms with van der Waals surface area (Å²) in [6, 6.07) is 7.74. The summed E-state index contributed by atoms with van der Waals surface area (Å²) >= 11 is 7.90. The van der Waals surface area contributed by atoms with Gasteiger partial charge < -0.3 is 5.73 Å². The first-order chi connectivity index (χ1) is 8.69. The Balaban J connectivity index is 2.07. The highest BCUT2D eigenvalue weighted by Gasteiger charge is 2.10. The number of rotatable bonds is 5. The standard InChI is InChI=1S/C13H16ClN3S/c1-2-17(8-10-4-3-7-18-10)9-12-11(14)5-6-13(15)16-12/h3-7H,2,8-9H2,1H3,(H2,15,16). The topological polar surface area (TPSA) is 42.2 Å². The van der Waals surface area contributed by atoms with Crippen molar-refractivity contribution in [1.82, 2.24) is 9.88 Å². The molecule has 2 N–H and O–H groups in total. The number of nitrogens with zero attached hydrogens (tertiary/aromatic N) is 2. The molecule has 5 heteroatoms. The molecule has 2 heterocycles. The summed E-state index contributed by atoms with van der Waals surface area (Å²) in [5.74, 6) is 0.515. The van der Waals surface area contributed by atoms with Crippen LogP contribution in [0.2, 0.25) is 5.02 Å². The van der Waals surface area contributed by atoms with Gasteiger partial charge in [-0.25, -0.2) is 4.98 Å². The number of anilines is 1. The fourth-order valence-corrected chi connectivity index (χ4v) is 2.64. The van der Waals surface area contributed by atoms with Crippen molar-refractivity contribution < 1.29 is 0 Å². The van der Waals surface area contributed by atoms with Crippen molar-refractivity contribution in [3.63, 3.8) is 0 Å². The van der Waals surface area contributed by atoms with E-state index in [1.54, 1.807) is 23.5 Å². The van der Waals surface area contributed by atoms with E-state index in [2.05, 4.69) is 34.3 Å². The number of nitrogens with two attached hydrogens (primary N) is 1. The Kier molecular flexibility index (Phi) is 4.58. The van der Waals surface area contributed by atoms with Crippen LogP contribution in [0.4, 0.5) is 5.82 Å². The molecule has 0 fully saturated rings. The van der Waals surface area contributed by atoms with Crippen LogP contribution >= 0.6 is 22.9 Å². The van der Waals surface area contributed by atoms with Crippen molar-refractivity contribution in [2.45, 2.75) is 20.0 Å². The Morgan fingerprint density at radius 2 is 2.17 bits per heavy atom.